The number of benzene rings is 2. The summed E-state index contributed by atoms with van der Waals surface area (Å²) in [6, 6.07) is 11.7. The van der Waals surface area contributed by atoms with E-state index in [1.165, 1.54) is 24.3 Å². The first-order valence-corrected chi connectivity index (χ1v) is 14.1. The van der Waals surface area contributed by atoms with E-state index in [4.69, 9.17) is 4.74 Å². The molecule has 37 heavy (non-hydrogen) atoms. The zero-order chi connectivity index (χ0) is 27.8. The quantitative estimate of drug-likeness (QED) is 0.442. The third-order valence-corrected chi connectivity index (χ3v) is 6.83. The summed E-state index contributed by atoms with van der Waals surface area (Å²) in [5.74, 6) is -0.360. The van der Waals surface area contributed by atoms with Crippen molar-refractivity contribution >= 4 is 27.5 Å². The van der Waals surface area contributed by atoms with Gasteiger partial charge < -0.3 is 15.0 Å². The van der Waals surface area contributed by atoms with Gasteiger partial charge in [-0.1, -0.05) is 19.1 Å². The Morgan fingerprint density at radius 2 is 1.76 bits per heavy atom. The van der Waals surface area contributed by atoms with E-state index in [9.17, 15) is 22.4 Å². The molecule has 0 aromatic heterocycles. The van der Waals surface area contributed by atoms with Crippen LogP contribution in [0.25, 0.3) is 0 Å². The number of sulfonamides is 1. The Morgan fingerprint density at radius 3 is 2.30 bits per heavy atom. The van der Waals surface area contributed by atoms with Gasteiger partial charge in [-0.05, 0) is 75.6 Å². The highest BCUT2D eigenvalue weighted by Gasteiger charge is 2.30. The number of carbonyl (C=O) groups is 2. The minimum Gasteiger partial charge on any atom is -0.497 e. The molecule has 2 aromatic carbocycles. The Balaban J connectivity index is 2.25. The molecule has 2 amide bonds. The van der Waals surface area contributed by atoms with E-state index in [2.05, 4.69) is 5.32 Å². The number of halogens is 1. The first-order chi connectivity index (χ1) is 17.2. The number of ether oxygens (including phenoxy) is 1. The SMILES string of the molecule is CCC(C(=O)NC(C)(C)C)N(Cc1cccc(OC)c1)C(=O)CCCN(c1ccc(F)cc1)S(C)(=O)=O. The summed E-state index contributed by atoms with van der Waals surface area (Å²) in [5, 5.41) is 2.96. The van der Waals surface area contributed by atoms with Crippen LogP contribution in [0.15, 0.2) is 48.5 Å². The van der Waals surface area contributed by atoms with Crippen LogP contribution in [0.5, 0.6) is 5.75 Å². The van der Waals surface area contributed by atoms with Crippen molar-refractivity contribution in [3.05, 3.63) is 59.9 Å². The van der Waals surface area contributed by atoms with Crippen LogP contribution < -0.4 is 14.4 Å². The van der Waals surface area contributed by atoms with Gasteiger partial charge in [-0.25, -0.2) is 12.8 Å². The summed E-state index contributed by atoms with van der Waals surface area (Å²) < 4.78 is 44.5. The molecule has 10 heteroatoms. The zero-order valence-electron chi connectivity index (χ0n) is 22.5. The van der Waals surface area contributed by atoms with Gasteiger partial charge in [-0.2, -0.15) is 0 Å². The molecule has 2 rings (SSSR count). The number of amides is 2. The van der Waals surface area contributed by atoms with Gasteiger partial charge in [0.25, 0.3) is 0 Å². The normalized spacial score (nSPS) is 12.5. The average Bonchev–Trinajstić information content (AvgIpc) is 2.80. The average molecular weight is 536 g/mol. The molecule has 0 aliphatic rings. The van der Waals surface area contributed by atoms with Crippen LogP contribution in [0.1, 0.15) is 52.5 Å². The highest BCUT2D eigenvalue weighted by molar-refractivity contribution is 7.92. The minimum absolute atomic E-state index is 0.0243. The Labute approximate surface area is 219 Å². The lowest BCUT2D eigenvalue weighted by Gasteiger charge is -2.33. The van der Waals surface area contributed by atoms with Crippen LogP contribution in [0, 0.1) is 5.82 Å². The molecule has 0 aliphatic carbocycles. The molecule has 1 N–H and O–H groups in total. The van der Waals surface area contributed by atoms with Crippen molar-refractivity contribution in [1.82, 2.24) is 10.2 Å². The standard InChI is InChI=1S/C27H38FN3O5S/c1-7-24(26(33)29-27(2,3)4)30(19-20-10-8-11-23(18-20)36-5)25(32)12-9-17-31(37(6,34)35)22-15-13-21(28)14-16-22/h8,10-11,13-16,18,24H,7,9,12,17,19H2,1-6H3,(H,29,33). The Bertz CT molecular complexity index is 1160. The summed E-state index contributed by atoms with van der Waals surface area (Å²) in [6.07, 6.45) is 1.71. The molecule has 0 radical (unpaired) electrons. The second-order valence-corrected chi connectivity index (χ2v) is 11.9. The number of anilines is 1. The van der Waals surface area contributed by atoms with E-state index < -0.39 is 27.4 Å². The maximum atomic E-state index is 13.5. The van der Waals surface area contributed by atoms with Gasteiger partial charge in [0.1, 0.15) is 17.6 Å². The van der Waals surface area contributed by atoms with Crippen LogP contribution in [0.2, 0.25) is 0 Å². The highest BCUT2D eigenvalue weighted by Crippen LogP contribution is 2.21. The van der Waals surface area contributed by atoms with E-state index in [1.54, 1.807) is 18.1 Å². The Hall–Kier alpha value is -3.14. The van der Waals surface area contributed by atoms with E-state index in [0.717, 1.165) is 16.1 Å². The van der Waals surface area contributed by atoms with Gasteiger partial charge in [0.2, 0.25) is 21.8 Å². The molecule has 1 atom stereocenters. The third-order valence-electron chi connectivity index (χ3n) is 5.64. The number of nitrogens with zero attached hydrogens (tertiary/aromatic N) is 2. The van der Waals surface area contributed by atoms with Gasteiger partial charge in [-0.3, -0.25) is 13.9 Å². The van der Waals surface area contributed by atoms with Crippen LogP contribution in [-0.2, 0) is 26.2 Å². The molecule has 8 nitrogen and oxygen atoms in total. The van der Waals surface area contributed by atoms with Crippen LogP contribution in [0.3, 0.4) is 0 Å². The van der Waals surface area contributed by atoms with Crippen LogP contribution >= 0.6 is 0 Å². The highest BCUT2D eigenvalue weighted by atomic mass is 32.2. The summed E-state index contributed by atoms with van der Waals surface area (Å²) in [6.45, 7) is 7.70. The van der Waals surface area contributed by atoms with Crippen molar-refractivity contribution in [2.75, 3.05) is 24.2 Å². The fourth-order valence-corrected chi connectivity index (χ4v) is 4.92. The molecule has 0 saturated carbocycles. The number of rotatable bonds is 12. The van der Waals surface area contributed by atoms with Crippen LogP contribution in [0.4, 0.5) is 10.1 Å². The summed E-state index contributed by atoms with van der Waals surface area (Å²) in [5.41, 5.74) is 0.653. The molecule has 0 aliphatic heterocycles. The minimum atomic E-state index is -3.65. The second kappa shape index (κ2) is 12.9. The van der Waals surface area contributed by atoms with Crippen molar-refractivity contribution in [1.29, 1.82) is 0 Å². The molecule has 1 unspecified atom stereocenters. The number of methoxy groups -OCH3 is 1. The van der Waals surface area contributed by atoms with Gasteiger partial charge in [0.05, 0.1) is 19.1 Å². The molecular formula is C27H38FN3O5S. The number of hydrogen-bond acceptors (Lipinski definition) is 5. The number of carbonyl (C=O) groups excluding carboxylic acids is 2. The summed E-state index contributed by atoms with van der Waals surface area (Å²) in [7, 11) is -2.09. The lowest BCUT2D eigenvalue weighted by molar-refractivity contribution is -0.142. The third kappa shape index (κ3) is 9.35. The smallest absolute Gasteiger partial charge is 0.243 e. The molecule has 0 fully saturated rings. The predicted molar refractivity (Wildman–Crippen MR) is 143 cm³/mol. The van der Waals surface area contributed by atoms with Crippen molar-refractivity contribution in [3.8, 4) is 5.75 Å². The van der Waals surface area contributed by atoms with Crippen molar-refractivity contribution < 1.29 is 27.1 Å². The molecule has 0 spiro atoms. The molecule has 0 heterocycles. The van der Waals surface area contributed by atoms with E-state index in [-0.39, 0.29) is 37.7 Å². The monoisotopic (exact) mass is 535 g/mol. The first kappa shape index (κ1) is 30.1. The Kier molecular flexibility index (Phi) is 10.5. The predicted octanol–water partition coefficient (Wildman–Crippen LogP) is 4.10. The van der Waals surface area contributed by atoms with Gasteiger partial charge in [-0.15, -0.1) is 0 Å². The van der Waals surface area contributed by atoms with Crippen molar-refractivity contribution in [2.45, 2.75) is 65.1 Å². The molecular weight excluding hydrogens is 497 g/mol. The fourth-order valence-electron chi connectivity index (χ4n) is 3.95. The number of hydrogen-bond donors (Lipinski definition) is 1. The van der Waals surface area contributed by atoms with Crippen LogP contribution in [-0.4, -0.2) is 56.6 Å². The fraction of sp³-hybridized carbons (Fsp3) is 0.481. The van der Waals surface area contributed by atoms with E-state index in [1.807, 2.05) is 45.9 Å². The zero-order valence-corrected chi connectivity index (χ0v) is 23.3. The molecule has 2 aromatic rings. The van der Waals surface area contributed by atoms with Crippen molar-refractivity contribution in [2.24, 2.45) is 0 Å². The Morgan fingerprint density at radius 1 is 1.11 bits per heavy atom. The van der Waals surface area contributed by atoms with E-state index in [0.29, 0.717) is 17.9 Å². The maximum absolute atomic E-state index is 13.5. The maximum Gasteiger partial charge on any atom is 0.243 e. The molecule has 0 saturated heterocycles. The van der Waals surface area contributed by atoms with Gasteiger partial charge in [0.15, 0.2) is 0 Å². The van der Waals surface area contributed by atoms with Gasteiger partial charge in [0, 0.05) is 25.0 Å². The van der Waals surface area contributed by atoms with E-state index >= 15 is 0 Å². The molecule has 204 valence electrons. The molecule has 0 bridgehead atoms. The summed E-state index contributed by atoms with van der Waals surface area (Å²) in [4.78, 5) is 28.1. The second-order valence-electron chi connectivity index (χ2n) is 9.95. The topological polar surface area (TPSA) is 96.0 Å². The van der Waals surface area contributed by atoms with Crippen molar-refractivity contribution in [3.63, 3.8) is 0 Å². The number of nitrogens with one attached hydrogen (secondary N) is 1. The first-order valence-electron chi connectivity index (χ1n) is 12.2. The largest absolute Gasteiger partial charge is 0.497 e. The summed E-state index contributed by atoms with van der Waals surface area (Å²) >= 11 is 0. The lowest BCUT2D eigenvalue weighted by atomic mass is 10.0. The van der Waals surface area contributed by atoms with Gasteiger partial charge >= 0.3 is 0 Å². The lowest BCUT2D eigenvalue weighted by Crippen LogP contribution is -2.53.